The largest absolute Gasteiger partial charge is 0.480 e. The maximum atomic E-state index is 13.6. The number of carboxylic acid groups (broad SMARTS) is 1. The number of halogens is 2. The van der Waals surface area contributed by atoms with Crippen LogP contribution in [-0.2, 0) is 4.79 Å². The number of hydrogen-bond donors (Lipinski definition) is 2. The predicted octanol–water partition coefficient (Wildman–Crippen LogP) is 2.73. The number of nitrogens with one attached hydrogen (secondary N) is 1. The number of carbonyl (C=O) groups excluding carboxylic acids is 1. The molecule has 0 unspecified atom stereocenters. The summed E-state index contributed by atoms with van der Waals surface area (Å²) in [6.45, 7) is 2.00. The third-order valence-electron chi connectivity index (χ3n) is 4.08. The van der Waals surface area contributed by atoms with Gasteiger partial charge >= 0.3 is 5.97 Å². The van der Waals surface area contributed by atoms with Gasteiger partial charge in [-0.05, 0) is 43.7 Å². The molecule has 0 spiro atoms. The van der Waals surface area contributed by atoms with E-state index in [9.17, 15) is 23.5 Å². The standard InChI is InChI=1S/C15H17F2NO3/c1-9-5-7-15(8-6-9,14(20)21)18-13(19)12-10(16)3-2-4-11(12)17/h2-4,9H,5-8H2,1H3,(H,18,19)(H,20,21). The summed E-state index contributed by atoms with van der Waals surface area (Å²) in [5, 5.41) is 11.7. The highest BCUT2D eigenvalue weighted by Gasteiger charge is 2.43. The first kappa shape index (κ1) is 15.4. The van der Waals surface area contributed by atoms with Crippen LogP contribution in [0.2, 0.25) is 0 Å². The van der Waals surface area contributed by atoms with Crippen LogP contribution in [0.25, 0.3) is 0 Å². The molecule has 1 saturated carbocycles. The van der Waals surface area contributed by atoms with E-state index in [0.29, 0.717) is 18.8 Å². The molecule has 0 aromatic heterocycles. The third kappa shape index (κ3) is 3.04. The molecule has 0 bridgehead atoms. The highest BCUT2D eigenvalue weighted by Crippen LogP contribution is 2.32. The third-order valence-corrected chi connectivity index (χ3v) is 4.08. The molecule has 1 aliphatic carbocycles. The summed E-state index contributed by atoms with van der Waals surface area (Å²) >= 11 is 0. The molecule has 1 fully saturated rings. The van der Waals surface area contributed by atoms with Crippen LogP contribution in [-0.4, -0.2) is 22.5 Å². The highest BCUT2D eigenvalue weighted by molar-refractivity contribution is 5.98. The number of benzene rings is 1. The average Bonchev–Trinajstić information content (AvgIpc) is 2.41. The second kappa shape index (κ2) is 5.79. The number of rotatable bonds is 3. The first-order chi connectivity index (χ1) is 9.85. The van der Waals surface area contributed by atoms with E-state index >= 15 is 0 Å². The molecule has 0 radical (unpaired) electrons. The van der Waals surface area contributed by atoms with Crippen LogP contribution >= 0.6 is 0 Å². The zero-order valence-electron chi connectivity index (χ0n) is 11.7. The minimum atomic E-state index is -1.45. The number of amides is 1. The van der Waals surface area contributed by atoms with Gasteiger partial charge in [0.25, 0.3) is 5.91 Å². The van der Waals surface area contributed by atoms with Crippen molar-refractivity contribution in [3.05, 3.63) is 35.4 Å². The summed E-state index contributed by atoms with van der Waals surface area (Å²) in [5.74, 6) is -3.82. The summed E-state index contributed by atoms with van der Waals surface area (Å²) in [6, 6.07) is 3.08. The molecule has 1 amide bonds. The molecule has 4 nitrogen and oxygen atoms in total. The quantitative estimate of drug-likeness (QED) is 0.901. The second-order valence-corrected chi connectivity index (χ2v) is 5.62. The molecule has 2 rings (SSSR count). The molecule has 114 valence electrons. The lowest BCUT2D eigenvalue weighted by Gasteiger charge is -2.36. The van der Waals surface area contributed by atoms with Gasteiger partial charge in [-0.3, -0.25) is 4.79 Å². The predicted molar refractivity (Wildman–Crippen MR) is 71.8 cm³/mol. The molecule has 1 aromatic rings. The van der Waals surface area contributed by atoms with Gasteiger partial charge in [0.05, 0.1) is 0 Å². The fraction of sp³-hybridized carbons (Fsp3) is 0.467. The lowest BCUT2D eigenvalue weighted by molar-refractivity contribution is -0.146. The van der Waals surface area contributed by atoms with Crippen molar-refractivity contribution >= 4 is 11.9 Å². The summed E-state index contributed by atoms with van der Waals surface area (Å²) in [6.07, 6.45) is 1.80. The van der Waals surface area contributed by atoms with E-state index in [4.69, 9.17) is 0 Å². The van der Waals surface area contributed by atoms with E-state index in [1.807, 2.05) is 6.92 Å². The fourth-order valence-corrected chi connectivity index (χ4v) is 2.64. The Morgan fingerprint density at radius 1 is 1.24 bits per heavy atom. The Balaban J connectivity index is 2.26. The van der Waals surface area contributed by atoms with E-state index < -0.39 is 34.6 Å². The van der Waals surface area contributed by atoms with E-state index in [1.165, 1.54) is 0 Å². The van der Waals surface area contributed by atoms with Crippen LogP contribution in [0.5, 0.6) is 0 Å². The van der Waals surface area contributed by atoms with Gasteiger partial charge in [0.15, 0.2) is 0 Å². The van der Waals surface area contributed by atoms with E-state index in [1.54, 1.807) is 0 Å². The Bertz CT molecular complexity index is 546. The topological polar surface area (TPSA) is 66.4 Å². The minimum Gasteiger partial charge on any atom is -0.480 e. The molecular formula is C15H17F2NO3. The van der Waals surface area contributed by atoms with E-state index in [-0.39, 0.29) is 12.8 Å². The molecule has 1 aromatic carbocycles. The fourth-order valence-electron chi connectivity index (χ4n) is 2.64. The Labute approximate surface area is 121 Å². The summed E-state index contributed by atoms with van der Waals surface area (Å²) in [7, 11) is 0. The first-order valence-electron chi connectivity index (χ1n) is 6.85. The molecule has 0 saturated heterocycles. The first-order valence-corrected chi connectivity index (χ1v) is 6.85. The van der Waals surface area contributed by atoms with E-state index in [2.05, 4.69) is 5.32 Å². The van der Waals surface area contributed by atoms with Gasteiger partial charge in [0.2, 0.25) is 0 Å². The smallest absolute Gasteiger partial charge is 0.329 e. The highest BCUT2D eigenvalue weighted by atomic mass is 19.1. The van der Waals surface area contributed by atoms with Gasteiger partial charge in [-0.2, -0.15) is 0 Å². The van der Waals surface area contributed by atoms with Crippen molar-refractivity contribution < 1.29 is 23.5 Å². The van der Waals surface area contributed by atoms with Gasteiger partial charge < -0.3 is 10.4 Å². The number of carbonyl (C=O) groups is 2. The Morgan fingerprint density at radius 3 is 2.24 bits per heavy atom. The molecule has 6 heteroatoms. The van der Waals surface area contributed by atoms with Gasteiger partial charge in [0, 0.05) is 0 Å². The number of aliphatic carboxylic acids is 1. The van der Waals surface area contributed by atoms with Gasteiger partial charge in [0.1, 0.15) is 22.7 Å². The summed E-state index contributed by atoms with van der Waals surface area (Å²) in [5.41, 5.74) is -2.19. The van der Waals surface area contributed by atoms with Crippen LogP contribution in [0, 0.1) is 17.6 Å². The van der Waals surface area contributed by atoms with Crippen molar-refractivity contribution in [3.63, 3.8) is 0 Å². The van der Waals surface area contributed by atoms with Crippen LogP contribution in [0.1, 0.15) is 43.0 Å². The SMILES string of the molecule is CC1CCC(NC(=O)c2c(F)cccc2F)(C(=O)O)CC1. The summed E-state index contributed by atoms with van der Waals surface area (Å²) in [4.78, 5) is 23.6. The molecule has 0 aliphatic heterocycles. The van der Waals surface area contributed by atoms with Crippen molar-refractivity contribution in [1.82, 2.24) is 5.32 Å². The Kier molecular flexibility index (Phi) is 4.25. The van der Waals surface area contributed by atoms with Crippen LogP contribution in [0.4, 0.5) is 8.78 Å². The summed E-state index contributed by atoms with van der Waals surface area (Å²) < 4.78 is 27.2. The van der Waals surface area contributed by atoms with Gasteiger partial charge in [-0.25, -0.2) is 13.6 Å². The van der Waals surface area contributed by atoms with Crippen molar-refractivity contribution in [2.45, 2.75) is 38.1 Å². The minimum absolute atomic E-state index is 0.255. The van der Waals surface area contributed by atoms with Crippen LogP contribution < -0.4 is 5.32 Å². The Morgan fingerprint density at radius 2 is 1.76 bits per heavy atom. The number of hydrogen-bond acceptors (Lipinski definition) is 2. The van der Waals surface area contributed by atoms with Crippen LogP contribution in [0.3, 0.4) is 0 Å². The Hall–Kier alpha value is -1.98. The molecular weight excluding hydrogens is 280 g/mol. The number of carboxylic acids is 1. The normalized spacial score (nSPS) is 25.4. The maximum Gasteiger partial charge on any atom is 0.329 e. The molecule has 2 N–H and O–H groups in total. The van der Waals surface area contributed by atoms with Crippen molar-refractivity contribution in [2.75, 3.05) is 0 Å². The lowest BCUT2D eigenvalue weighted by atomic mass is 9.77. The van der Waals surface area contributed by atoms with Crippen molar-refractivity contribution in [3.8, 4) is 0 Å². The zero-order valence-corrected chi connectivity index (χ0v) is 11.7. The molecule has 1 aliphatic rings. The molecule has 0 heterocycles. The second-order valence-electron chi connectivity index (χ2n) is 5.62. The van der Waals surface area contributed by atoms with Crippen LogP contribution in [0.15, 0.2) is 18.2 Å². The lowest BCUT2D eigenvalue weighted by Crippen LogP contribution is -2.56. The van der Waals surface area contributed by atoms with Gasteiger partial charge in [-0.15, -0.1) is 0 Å². The molecule has 0 atom stereocenters. The zero-order chi connectivity index (χ0) is 15.6. The van der Waals surface area contributed by atoms with E-state index in [0.717, 1.165) is 18.2 Å². The van der Waals surface area contributed by atoms with Crippen molar-refractivity contribution in [2.24, 2.45) is 5.92 Å². The average molecular weight is 297 g/mol. The monoisotopic (exact) mass is 297 g/mol. The van der Waals surface area contributed by atoms with Gasteiger partial charge in [-0.1, -0.05) is 13.0 Å². The van der Waals surface area contributed by atoms with Crippen molar-refractivity contribution in [1.29, 1.82) is 0 Å². The molecule has 21 heavy (non-hydrogen) atoms. The maximum absolute atomic E-state index is 13.6.